The van der Waals surface area contributed by atoms with E-state index in [1.165, 1.54) is 7.11 Å². The van der Waals surface area contributed by atoms with Crippen molar-refractivity contribution in [3.63, 3.8) is 0 Å². The summed E-state index contributed by atoms with van der Waals surface area (Å²) >= 11 is 0. The average Bonchev–Trinajstić information content (AvgIpc) is 2.90. The molecule has 0 radical (unpaired) electrons. The first-order chi connectivity index (χ1) is 11.6. The number of aryl methyl sites for hydroxylation is 1. The number of nitrogens with two attached hydrogens (primary N) is 2. The first kappa shape index (κ1) is 17.6. The molecule has 2 aromatic heterocycles. The van der Waals surface area contributed by atoms with E-state index in [4.69, 9.17) is 25.7 Å². The molecule has 0 saturated heterocycles. The number of unbranched alkanes of at least 4 members (excludes halogenated alkanes) is 1. The largest absolute Gasteiger partial charge is 0.468 e. The Kier molecular flexibility index (Phi) is 5.99. The van der Waals surface area contributed by atoms with Gasteiger partial charge in [0.25, 0.3) is 6.01 Å². The van der Waals surface area contributed by atoms with Gasteiger partial charge in [0.15, 0.2) is 17.0 Å². The van der Waals surface area contributed by atoms with E-state index in [2.05, 4.69) is 21.9 Å². The molecule has 132 valence electrons. The Morgan fingerprint density at radius 1 is 1.21 bits per heavy atom. The number of ether oxygens (including phenoxy) is 3. The van der Waals surface area contributed by atoms with Gasteiger partial charge in [0.05, 0.1) is 20.3 Å². The van der Waals surface area contributed by atoms with Gasteiger partial charge in [0.2, 0.25) is 0 Å². The van der Waals surface area contributed by atoms with Crippen molar-refractivity contribution in [1.82, 2.24) is 19.5 Å². The molecule has 0 saturated carbocycles. The number of primary amides is 1. The minimum absolute atomic E-state index is 0.179. The Labute approximate surface area is 139 Å². The van der Waals surface area contributed by atoms with Crippen LogP contribution in [0.5, 0.6) is 12.0 Å². The molecule has 1 amide bonds. The van der Waals surface area contributed by atoms with Crippen molar-refractivity contribution >= 4 is 23.1 Å². The number of carbonyl (C=O) groups excluding carboxylic acids is 1. The second-order valence-electron chi connectivity index (χ2n) is 5.04. The molecule has 0 atom stereocenters. The van der Waals surface area contributed by atoms with Crippen LogP contribution in [0, 0.1) is 0 Å². The van der Waals surface area contributed by atoms with Crippen LogP contribution in [-0.4, -0.2) is 45.9 Å². The Balaban J connectivity index is 2.24. The molecule has 0 fully saturated rings. The van der Waals surface area contributed by atoms with E-state index >= 15 is 0 Å². The van der Waals surface area contributed by atoms with E-state index in [-0.39, 0.29) is 18.4 Å². The highest BCUT2D eigenvalue weighted by Crippen LogP contribution is 2.25. The normalized spacial score (nSPS) is 10.8. The topological polar surface area (TPSA) is 140 Å². The maximum Gasteiger partial charge on any atom is 0.404 e. The SMILES string of the molecule is CCCCOc1nc(N)c2nc(OC)n(CCCOC(N)=O)c2n1. The fraction of sp³-hybridized carbons (Fsp3) is 0.571. The van der Waals surface area contributed by atoms with Crippen molar-refractivity contribution in [1.29, 1.82) is 0 Å². The predicted molar refractivity (Wildman–Crippen MR) is 86.8 cm³/mol. The van der Waals surface area contributed by atoms with Crippen molar-refractivity contribution < 1.29 is 19.0 Å². The number of hydrogen-bond acceptors (Lipinski definition) is 8. The van der Waals surface area contributed by atoms with Gasteiger partial charge >= 0.3 is 12.1 Å². The fourth-order valence-electron chi connectivity index (χ4n) is 2.11. The summed E-state index contributed by atoms with van der Waals surface area (Å²) < 4.78 is 17.2. The van der Waals surface area contributed by atoms with E-state index in [1.54, 1.807) is 4.57 Å². The molecule has 0 bridgehead atoms. The Morgan fingerprint density at radius 2 is 2.00 bits per heavy atom. The third kappa shape index (κ3) is 4.15. The highest BCUT2D eigenvalue weighted by atomic mass is 16.5. The predicted octanol–water partition coefficient (Wildman–Crippen LogP) is 1.08. The summed E-state index contributed by atoms with van der Waals surface area (Å²) in [4.78, 5) is 23.4. The van der Waals surface area contributed by atoms with Crippen LogP contribution in [0.15, 0.2) is 0 Å². The number of nitrogen functional groups attached to an aromatic ring is 1. The van der Waals surface area contributed by atoms with E-state index in [1.807, 2.05) is 0 Å². The first-order valence-corrected chi connectivity index (χ1v) is 7.69. The summed E-state index contributed by atoms with van der Waals surface area (Å²) in [5, 5.41) is 0. The molecule has 0 aromatic carbocycles. The number of aromatic nitrogens is 4. The lowest BCUT2D eigenvalue weighted by molar-refractivity contribution is 0.153. The van der Waals surface area contributed by atoms with E-state index in [9.17, 15) is 4.79 Å². The van der Waals surface area contributed by atoms with Crippen LogP contribution in [0.1, 0.15) is 26.2 Å². The Morgan fingerprint density at radius 3 is 2.67 bits per heavy atom. The lowest BCUT2D eigenvalue weighted by Gasteiger charge is -2.08. The maximum absolute atomic E-state index is 10.6. The number of imidazole rings is 1. The second-order valence-corrected chi connectivity index (χ2v) is 5.04. The van der Waals surface area contributed by atoms with Crippen molar-refractivity contribution in [2.75, 3.05) is 26.1 Å². The molecule has 2 aromatic rings. The van der Waals surface area contributed by atoms with E-state index in [0.717, 1.165) is 12.8 Å². The van der Waals surface area contributed by atoms with Crippen LogP contribution in [0.2, 0.25) is 0 Å². The van der Waals surface area contributed by atoms with Crippen LogP contribution in [0.4, 0.5) is 10.6 Å². The van der Waals surface area contributed by atoms with Gasteiger partial charge in [-0.05, 0) is 12.8 Å². The van der Waals surface area contributed by atoms with Crippen LogP contribution < -0.4 is 20.9 Å². The van der Waals surface area contributed by atoms with Gasteiger partial charge in [-0.2, -0.15) is 15.0 Å². The van der Waals surface area contributed by atoms with Crippen molar-refractivity contribution in [3.8, 4) is 12.0 Å². The maximum atomic E-state index is 10.6. The zero-order chi connectivity index (χ0) is 17.5. The molecule has 10 heteroatoms. The summed E-state index contributed by atoms with van der Waals surface area (Å²) in [7, 11) is 1.50. The molecule has 0 aliphatic rings. The highest BCUT2D eigenvalue weighted by Gasteiger charge is 2.17. The van der Waals surface area contributed by atoms with Crippen LogP contribution in [0.3, 0.4) is 0 Å². The summed E-state index contributed by atoms with van der Waals surface area (Å²) in [5.74, 6) is 0.219. The second kappa shape index (κ2) is 8.18. The number of hydrogen-bond donors (Lipinski definition) is 2. The van der Waals surface area contributed by atoms with Gasteiger partial charge in [0.1, 0.15) is 0 Å². The number of amides is 1. The van der Waals surface area contributed by atoms with E-state index < -0.39 is 6.09 Å². The molecule has 0 spiro atoms. The number of anilines is 1. The zero-order valence-electron chi connectivity index (χ0n) is 13.8. The van der Waals surface area contributed by atoms with Crippen LogP contribution in [0.25, 0.3) is 11.2 Å². The summed E-state index contributed by atoms with van der Waals surface area (Å²) in [6.07, 6.45) is 1.61. The zero-order valence-corrected chi connectivity index (χ0v) is 13.8. The van der Waals surface area contributed by atoms with Gasteiger partial charge in [-0.1, -0.05) is 13.3 Å². The summed E-state index contributed by atoms with van der Waals surface area (Å²) in [6.45, 7) is 3.21. The van der Waals surface area contributed by atoms with Crippen LogP contribution in [-0.2, 0) is 11.3 Å². The molecule has 24 heavy (non-hydrogen) atoms. The third-order valence-corrected chi connectivity index (χ3v) is 3.25. The quantitative estimate of drug-likeness (QED) is 0.647. The number of methoxy groups -OCH3 is 1. The first-order valence-electron chi connectivity index (χ1n) is 7.69. The van der Waals surface area contributed by atoms with Gasteiger partial charge < -0.3 is 25.7 Å². The number of rotatable bonds is 9. The highest BCUT2D eigenvalue weighted by molar-refractivity contribution is 5.83. The smallest absolute Gasteiger partial charge is 0.404 e. The van der Waals surface area contributed by atoms with Crippen molar-refractivity contribution in [2.24, 2.45) is 5.73 Å². The van der Waals surface area contributed by atoms with Crippen LogP contribution >= 0.6 is 0 Å². The van der Waals surface area contributed by atoms with Crippen molar-refractivity contribution in [3.05, 3.63) is 0 Å². The lowest BCUT2D eigenvalue weighted by Crippen LogP contribution is -2.15. The monoisotopic (exact) mass is 338 g/mol. The minimum Gasteiger partial charge on any atom is -0.468 e. The molecular weight excluding hydrogens is 316 g/mol. The summed E-state index contributed by atoms with van der Waals surface area (Å²) in [5.41, 5.74) is 11.8. The molecular formula is C14H22N6O4. The molecule has 2 heterocycles. The van der Waals surface area contributed by atoms with Gasteiger partial charge in [-0.3, -0.25) is 4.57 Å². The average molecular weight is 338 g/mol. The number of nitrogens with zero attached hydrogens (tertiary/aromatic N) is 4. The van der Waals surface area contributed by atoms with Gasteiger partial charge in [0, 0.05) is 6.54 Å². The molecule has 10 nitrogen and oxygen atoms in total. The van der Waals surface area contributed by atoms with E-state index in [0.29, 0.717) is 36.7 Å². The molecule has 0 unspecified atom stereocenters. The fourth-order valence-corrected chi connectivity index (χ4v) is 2.11. The molecule has 0 aliphatic heterocycles. The molecule has 2 rings (SSSR count). The van der Waals surface area contributed by atoms with Gasteiger partial charge in [-0.25, -0.2) is 4.79 Å². The summed E-state index contributed by atoms with van der Waals surface area (Å²) in [6, 6.07) is 0.543. The van der Waals surface area contributed by atoms with Gasteiger partial charge in [-0.15, -0.1) is 0 Å². The Hall–Kier alpha value is -2.78. The number of fused-ring (bicyclic) bond motifs is 1. The lowest BCUT2D eigenvalue weighted by atomic mass is 10.4. The molecule has 4 N–H and O–H groups in total. The Bertz CT molecular complexity index is 702. The molecule has 0 aliphatic carbocycles. The minimum atomic E-state index is -0.810. The third-order valence-electron chi connectivity index (χ3n) is 3.25. The standard InChI is InChI=1S/C14H22N6O4/c1-3-4-7-24-13-18-10(15)9-11(19-13)20(14(17-9)22-2)6-5-8-23-12(16)21/h3-8H2,1-2H3,(H2,16,21)(H2,15,18,19). The number of carbonyl (C=O) groups is 1. The van der Waals surface area contributed by atoms with Crippen molar-refractivity contribution in [2.45, 2.75) is 32.7 Å².